The Bertz CT molecular complexity index is 1700. The molecule has 15 heteroatoms. The minimum absolute atomic E-state index is 0.135. The number of carbonyl (C=O) groups excluding carboxylic acids is 2. The minimum Gasteiger partial charge on any atom is -0.441 e. The maximum Gasteiger partial charge on any atom is 0.413 e. The summed E-state index contributed by atoms with van der Waals surface area (Å²) in [5.41, 5.74) is 2.54. The zero-order valence-corrected chi connectivity index (χ0v) is 20.6. The summed E-state index contributed by atoms with van der Waals surface area (Å²) in [6, 6.07) is 5.58. The van der Waals surface area contributed by atoms with E-state index in [0.29, 0.717) is 28.2 Å². The van der Waals surface area contributed by atoms with Gasteiger partial charge in [-0.15, -0.1) is 5.10 Å². The van der Waals surface area contributed by atoms with Gasteiger partial charge in [-0.25, -0.2) is 23.8 Å². The molecule has 0 aliphatic carbocycles. The zero-order valence-electron chi connectivity index (χ0n) is 20.6. The molecule has 0 aliphatic heterocycles. The summed E-state index contributed by atoms with van der Waals surface area (Å²) in [5.74, 6) is -2.03. The normalized spacial score (nSPS) is 11.8. The maximum atomic E-state index is 13.9. The number of amides is 2. The van der Waals surface area contributed by atoms with Gasteiger partial charge in [-0.2, -0.15) is 4.39 Å². The van der Waals surface area contributed by atoms with Gasteiger partial charge in [0.05, 0.1) is 34.9 Å². The van der Waals surface area contributed by atoms with E-state index in [1.54, 1.807) is 19.1 Å². The highest BCUT2D eigenvalue weighted by atomic mass is 19.1. The van der Waals surface area contributed by atoms with E-state index in [2.05, 4.69) is 41.1 Å². The highest BCUT2D eigenvalue weighted by Gasteiger charge is 2.21. The molecule has 0 spiro atoms. The van der Waals surface area contributed by atoms with Gasteiger partial charge in [0.15, 0.2) is 17.1 Å². The number of pyridine rings is 3. The van der Waals surface area contributed by atoms with Crippen molar-refractivity contribution in [1.82, 2.24) is 35.1 Å². The molecule has 5 heterocycles. The monoisotopic (exact) mass is 535 g/mol. The average Bonchev–Trinajstić information content (AvgIpc) is 3.47. The third kappa shape index (κ3) is 5.22. The van der Waals surface area contributed by atoms with Crippen LogP contribution in [0.5, 0.6) is 0 Å². The second-order valence-electron chi connectivity index (χ2n) is 8.34. The molecule has 0 fully saturated rings. The molecule has 0 aliphatic rings. The Morgan fingerprint density at radius 2 is 1.90 bits per heavy atom. The Labute approximate surface area is 218 Å². The topological polar surface area (TPSA) is 163 Å². The standard InChI is InChI=1S/C24H19F2N9O4/c1-11-19-18(39-33-11)6-13(8-28-19)23(36)30-15-4-5-17(27-10-15)20-22(35(3)34-32-20)31-24(37)38-12(2)16-7-14(25)9-29-21(16)26/h4-10,12H,1-3H3,(H,30,36)(H,31,37)/t12-/m1/s1. The lowest BCUT2D eigenvalue weighted by atomic mass is 10.2. The maximum absolute atomic E-state index is 13.9. The van der Waals surface area contributed by atoms with Crippen molar-refractivity contribution in [2.24, 2.45) is 7.05 Å². The summed E-state index contributed by atoms with van der Waals surface area (Å²) in [6.07, 6.45) is 1.44. The Kier molecular flexibility index (Phi) is 6.62. The van der Waals surface area contributed by atoms with Crippen molar-refractivity contribution in [1.29, 1.82) is 0 Å². The van der Waals surface area contributed by atoms with Gasteiger partial charge in [-0.3, -0.25) is 15.1 Å². The third-order valence-corrected chi connectivity index (χ3v) is 5.60. The fraction of sp³-hybridized carbons (Fsp3) is 0.167. The summed E-state index contributed by atoms with van der Waals surface area (Å²) < 4.78 is 39.0. The molecule has 198 valence electrons. The molecule has 5 rings (SSSR count). The summed E-state index contributed by atoms with van der Waals surface area (Å²) in [6.45, 7) is 3.12. The van der Waals surface area contributed by atoms with Crippen molar-refractivity contribution in [2.75, 3.05) is 10.6 Å². The van der Waals surface area contributed by atoms with E-state index >= 15 is 0 Å². The second-order valence-corrected chi connectivity index (χ2v) is 8.34. The van der Waals surface area contributed by atoms with Crippen LogP contribution in [0.3, 0.4) is 0 Å². The van der Waals surface area contributed by atoms with E-state index in [4.69, 9.17) is 9.26 Å². The van der Waals surface area contributed by atoms with Crippen molar-refractivity contribution in [3.8, 4) is 11.4 Å². The van der Waals surface area contributed by atoms with Crippen LogP contribution >= 0.6 is 0 Å². The van der Waals surface area contributed by atoms with Crippen LogP contribution in [0.1, 0.15) is 34.6 Å². The van der Waals surface area contributed by atoms with Gasteiger partial charge in [-0.05, 0) is 32.0 Å². The zero-order chi connectivity index (χ0) is 27.7. The Morgan fingerprint density at radius 1 is 1.08 bits per heavy atom. The van der Waals surface area contributed by atoms with Crippen molar-refractivity contribution < 1.29 is 27.6 Å². The Hall–Kier alpha value is -5.34. The molecular formula is C24H19F2N9O4. The number of aryl methyl sites for hydroxylation is 2. The van der Waals surface area contributed by atoms with Gasteiger partial charge in [0.1, 0.15) is 23.1 Å². The minimum atomic E-state index is -1.14. The molecular weight excluding hydrogens is 516 g/mol. The van der Waals surface area contributed by atoms with E-state index in [9.17, 15) is 18.4 Å². The molecule has 0 saturated heterocycles. The fourth-order valence-electron chi connectivity index (χ4n) is 3.63. The molecule has 2 amide bonds. The molecule has 0 radical (unpaired) electrons. The smallest absolute Gasteiger partial charge is 0.413 e. The van der Waals surface area contributed by atoms with Crippen LogP contribution in [-0.4, -0.2) is 47.1 Å². The van der Waals surface area contributed by atoms with Crippen LogP contribution in [0.2, 0.25) is 0 Å². The summed E-state index contributed by atoms with van der Waals surface area (Å²) >= 11 is 0. The lowest BCUT2D eigenvalue weighted by Crippen LogP contribution is -2.19. The predicted molar refractivity (Wildman–Crippen MR) is 131 cm³/mol. The lowest BCUT2D eigenvalue weighted by molar-refractivity contribution is 0.102. The quantitative estimate of drug-likeness (QED) is 0.304. The SMILES string of the molecule is Cc1noc2cc(C(=O)Nc3ccc(-c4nnn(C)c4NC(=O)O[C@H](C)c4cc(F)cnc4F)nc3)cnc12. The van der Waals surface area contributed by atoms with Crippen molar-refractivity contribution in [2.45, 2.75) is 20.0 Å². The van der Waals surface area contributed by atoms with Gasteiger partial charge in [-0.1, -0.05) is 10.4 Å². The summed E-state index contributed by atoms with van der Waals surface area (Å²) in [5, 5.41) is 16.9. The van der Waals surface area contributed by atoms with Crippen molar-refractivity contribution in [3.63, 3.8) is 0 Å². The number of anilines is 2. The number of carbonyl (C=O) groups is 2. The van der Waals surface area contributed by atoms with Crippen LogP contribution in [0.15, 0.2) is 47.4 Å². The molecule has 0 bridgehead atoms. The highest BCUT2D eigenvalue weighted by molar-refractivity contribution is 6.05. The number of rotatable bonds is 6. The van der Waals surface area contributed by atoms with Crippen molar-refractivity contribution in [3.05, 3.63) is 71.4 Å². The fourth-order valence-corrected chi connectivity index (χ4v) is 3.63. The Morgan fingerprint density at radius 3 is 2.67 bits per heavy atom. The van der Waals surface area contributed by atoms with E-state index in [0.717, 1.165) is 12.3 Å². The Balaban J connectivity index is 1.27. The van der Waals surface area contributed by atoms with Gasteiger partial charge in [0, 0.05) is 19.3 Å². The number of halogens is 2. The first kappa shape index (κ1) is 25.3. The van der Waals surface area contributed by atoms with Crippen LogP contribution in [0.4, 0.5) is 25.1 Å². The summed E-state index contributed by atoms with van der Waals surface area (Å²) in [4.78, 5) is 36.9. The van der Waals surface area contributed by atoms with E-state index in [1.165, 1.54) is 37.1 Å². The second kappa shape index (κ2) is 10.2. The van der Waals surface area contributed by atoms with E-state index < -0.39 is 29.9 Å². The van der Waals surface area contributed by atoms with E-state index in [1.807, 2.05) is 0 Å². The van der Waals surface area contributed by atoms with Crippen LogP contribution in [-0.2, 0) is 11.8 Å². The first-order valence-corrected chi connectivity index (χ1v) is 11.4. The first-order valence-electron chi connectivity index (χ1n) is 11.4. The number of ether oxygens (including phenoxy) is 1. The predicted octanol–water partition coefficient (Wildman–Crippen LogP) is 3.96. The first-order chi connectivity index (χ1) is 18.7. The van der Waals surface area contributed by atoms with Gasteiger partial charge < -0.3 is 14.6 Å². The number of hydrogen-bond donors (Lipinski definition) is 2. The summed E-state index contributed by atoms with van der Waals surface area (Å²) in [7, 11) is 1.53. The number of hydrogen-bond acceptors (Lipinski definition) is 10. The molecule has 39 heavy (non-hydrogen) atoms. The molecule has 0 unspecified atom stereocenters. The van der Waals surface area contributed by atoms with Crippen LogP contribution < -0.4 is 10.6 Å². The van der Waals surface area contributed by atoms with E-state index in [-0.39, 0.29) is 22.6 Å². The van der Waals surface area contributed by atoms with Gasteiger partial charge in [0.2, 0.25) is 5.95 Å². The van der Waals surface area contributed by atoms with Crippen molar-refractivity contribution >= 4 is 34.6 Å². The molecule has 0 aromatic carbocycles. The number of nitrogens with one attached hydrogen (secondary N) is 2. The lowest BCUT2D eigenvalue weighted by Gasteiger charge is -2.15. The molecule has 0 saturated carbocycles. The third-order valence-electron chi connectivity index (χ3n) is 5.60. The molecule has 5 aromatic rings. The van der Waals surface area contributed by atoms with Crippen LogP contribution in [0.25, 0.3) is 22.5 Å². The molecule has 5 aromatic heterocycles. The number of nitrogens with zero attached hydrogens (tertiary/aromatic N) is 7. The average molecular weight is 535 g/mol. The van der Waals surface area contributed by atoms with Gasteiger partial charge in [0.25, 0.3) is 5.91 Å². The van der Waals surface area contributed by atoms with Crippen LogP contribution in [0, 0.1) is 18.7 Å². The number of fused-ring (bicyclic) bond motifs is 1. The molecule has 13 nitrogen and oxygen atoms in total. The molecule has 2 N–H and O–H groups in total. The largest absolute Gasteiger partial charge is 0.441 e. The number of aromatic nitrogens is 7. The highest BCUT2D eigenvalue weighted by Crippen LogP contribution is 2.26. The molecule has 1 atom stereocenters. The van der Waals surface area contributed by atoms with Gasteiger partial charge >= 0.3 is 6.09 Å².